The number of aryl methyl sites for hydroxylation is 1. The molecule has 0 atom stereocenters. The smallest absolute Gasteiger partial charge is 0.257 e. The van der Waals surface area contributed by atoms with E-state index >= 15 is 0 Å². The zero-order chi connectivity index (χ0) is 16.9. The lowest BCUT2D eigenvalue weighted by Crippen LogP contribution is -2.44. The molecular formula is C19H24N4O. The van der Waals surface area contributed by atoms with Crippen LogP contribution >= 0.6 is 0 Å². The minimum atomic E-state index is -0.122. The molecule has 2 aromatic rings. The van der Waals surface area contributed by atoms with E-state index < -0.39 is 0 Å². The maximum absolute atomic E-state index is 12.5. The van der Waals surface area contributed by atoms with Crippen molar-refractivity contribution in [3.63, 3.8) is 0 Å². The van der Waals surface area contributed by atoms with Crippen molar-refractivity contribution in [1.29, 1.82) is 0 Å². The number of amides is 1. The highest BCUT2D eigenvalue weighted by Crippen LogP contribution is 2.18. The third-order valence-corrected chi connectivity index (χ3v) is 4.47. The van der Waals surface area contributed by atoms with Crippen LogP contribution in [0.4, 0.5) is 11.4 Å². The van der Waals surface area contributed by atoms with Gasteiger partial charge in [-0.1, -0.05) is 19.1 Å². The quantitative estimate of drug-likeness (QED) is 0.939. The number of benzene rings is 1. The monoisotopic (exact) mass is 324 g/mol. The summed E-state index contributed by atoms with van der Waals surface area (Å²) in [5.74, 6) is -0.122. The van der Waals surface area contributed by atoms with Crippen molar-refractivity contribution in [2.24, 2.45) is 0 Å². The molecule has 3 rings (SSSR count). The fourth-order valence-corrected chi connectivity index (χ4v) is 2.82. The molecule has 0 aliphatic carbocycles. The van der Waals surface area contributed by atoms with Gasteiger partial charge in [-0.25, -0.2) is 0 Å². The Morgan fingerprint density at radius 1 is 1.12 bits per heavy atom. The van der Waals surface area contributed by atoms with Gasteiger partial charge < -0.3 is 15.1 Å². The Morgan fingerprint density at radius 2 is 1.83 bits per heavy atom. The van der Waals surface area contributed by atoms with Gasteiger partial charge in [0.25, 0.3) is 5.91 Å². The minimum Gasteiger partial charge on any atom is -0.368 e. The van der Waals surface area contributed by atoms with Gasteiger partial charge in [0.05, 0.1) is 17.4 Å². The van der Waals surface area contributed by atoms with Gasteiger partial charge in [0.1, 0.15) is 0 Å². The Hall–Kier alpha value is -2.40. The Bertz CT molecular complexity index is 691. The molecule has 5 nitrogen and oxygen atoms in total. The maximum Gasteiger partial charge on any atom is 0.257 e. The third kappa shape index (κ3) is 3.92. The number of carbonyl (C=O) groups is 1. The normalized spacial score (nSPS) is 15.3. The molecule has 1 amide bonds. The van der Waals surface area contributed by atoms with Crippen molar-refractivity contribution in [3.05, 3.63) is 53.9 Å². The first kappa shape index (κ1) is 16.5. The molecule has 0 unspecified atom stereocenters. The highest BCUT2D eigenvalue weighted by Gasteiger charge is 2.16. The molecule has 126 valence electrons. The Kier molecular flexibility index (Phi) is 5.11. The average molecular weight is 324 g/mol. The van der Waals surface area contributed by atoms with Crippen LogP contribution in [-0.2, 0) is 6.42 Å². The predicted octanol–water partition coefficient (Wildman–Crippen LogP) is 2.65. The largest absolute Gasteiger partial charge is 0.368 e. The lowest BCUT2D eigenvalue weighted by molar-refractivity contribution is 0.102. The summed E-state index contributed by atoms with van der Waals surface area (Å²) >= 11 is 0. The number of nitrogens with zero attached hydrogens (tertiary/aromatic N) is 3. The van der Waals surface area contributed by atoms with Crippen molar-refractivity contribution >= 4 is 17.3 Å². The van der Waals surface area contributed by atoms with Crippen LogP contribution in [0.5, 0.6) is 0 Å². The van der Waals surface area contributed by atoms with E-state index in [2.05, 4.69) is 34.1 Å². The molecule has 1 saturated heterocycles. The van der Waals surface area contributed by atoms with Crippen molar-refractivity contribution in [3.8, 4) is 0 Å². The van der Waals surface area contributed by atoms with E-state index in [1.54, 1.807) is 6.20 Å². The number of hydrogen-bond acceptors (Lipinski definition) is 4. The molecule has 0 spiro atoms. The zero-order valence-electron chi connectivity index (χ0n) is 14.3. The van der Waals surface area contributed by atoms with E-state index in [9.17, 15) is 4.79 Å². The van der Waals surface area contributed by atoms with Crippen LogP contribution in [0.2, 0.25) is 0 Å². The standard InChI is InChI=1S/C19H24N4O/c1-3-15-4-6-17(7-5-15)21-19(24)16-12-18(14-20-13-16)23-10-8-22(2)9-11-23/h4-7,12-14H,3,8-11H2,1-2H3,(H,21,24). The SMILES string of the molecule is CCc1ccc(NC(=O)c2cncc(N3CCN(C)CC3)c2)cc1. The lowest BCUT2D eigenvalue weighted by atomic mass is 10.1. The van der Waals surface area contributed by atoms with Gasteiger partial charge in [-0.15, -0.1) is 0 Å². The number of piperazine rings is 1. The van der Waals surface area contributed by atoms with E-state index in [4.69, 9.17) is 0 Å². The number of likely N-dealkylation sites (N-methyl/N-ethyl adjacent to an activating group) is 1. The fourth-order valence-electron chi connectivity index (χ4n) is 2.82. The van der Waals surface area contributed by atoms with Crippen molar-refractivity contribution < 1.29 is 4.79 Å². The van der Waals surface area contributed by atoms with E-state index in [1.807, 2.05) is 36.5 Å². The zero-order valence-corrected chi connectivity index (χ0v) is 14.3. The first-order valence-electron chi connectivity index (χ1n) is 8.44. The number of nitrogens with one attached hydrogen (secondary N) is 1. The van der Waals surface area contributed by atoms with Gasteiger partial charge in [0.15, 0.2) is 0 Å². The second-order valence-electron chi connectivity index (χ2n) is 6.23. The molecule has 2 heterocycles. The van der Waals surface area contributed by atoms with E-state index in [1.165, 1.54) is 5.56 Å². The molecule has 1 aromatic carbocycles. The summed E-state index contributed by atoms with van der Waals surface area (Å²) in [6.45, 7) is 6.09. The number of carbonyl (C=O) groups excluding carboxylic acids is 1. The second-order valence-corrected chi connectivity index (χ2v) is 6.23. The molecule has 0 radical (unpaired) electrons. The van der Waals surface area contributed by atoms with Crippen molar-refractivity contribution in [2.45, 2.75) is 13.3 Å². The summed E-state index contributed by atoms with van der Waals surface area (Å²) in [7, 11) is 2.13. The molecule has 1 N–H and O–H groups in total. The van der Waals surface area contributed by atoms with Crippen molar-refractivity contribution in [1.82, 2.24) is 9.88 Å². The van der Waals surface area contributed by atoms with Gasteiger partial charge in [-0.3, -0.25) is 9.78 Å². The van der Waals surface area contributed by atoms with Gasteiger partial charge in [-0.2, -0.15) is 0 Å². The second kappa shape index (κ2) is 7.45. The van der Waals surface area contributed by atoms with Crippen LogP contribution in [0.15, 0.2) is 42.7 Å². The molecule has 1 aliphatic rings. The van der Waals surface area contributed by atoms with Crippen LogP contribution in [-0.4, -0.2) is 49.0 Å². The van der Waals surface area contributed by atoms with Crippen LogP contribution in [0, 0.1) is 0 Å². The molecule has 1 aromatic heterocycles. The maximum atomic E-state index is 12.5. The Labute approximate surface area is 143 Å². The van der Waals surface area contributed by atoms with Crippen LogP contribution < -0.4 is 10.2 Å². The van der Waals surface area contributed by atoms with Crippen LogP contribution in [0.25, 0.3) is 0 Å². The molecule has 24 heavy (non-hydrogen) atoms. The summed E-state index contributed by atoms with van der Waals surface area (Å²) in [5, 5.41) is 2.94. The lowest BCUT2D eigenvalue weighted by Gasteiger charge is -2.33. The summed E-state index contributed by atoms with van der Waals surface area (Å²) in [6, 6.07) is 9.88. The van der Waals surface area contributed by atoms with E-state index in [0.29, 0.717) is 5.56 Å². The van der Waals surface area contributed by atoms with Gasteiger partial charge >= 0.3 is 0 Å². The third-order valence-electron chi connectivity index (χ3n) is 4.47. The predicted molar refractivity (Wildman–Crippen MR) is 97.7 cm³/mol. The highest BCUT2D eigenvalue weighted by atomic mass is 16.1. The number of aromatic nitrogens is 1. The summed E-state index contributed by atoms with van der Waals surface area (Å²) in [4.78, 5) is 21.3. The molecule has 0 saturated carbocycles. The van der Waals surface area contributed by atoms with Crippen LogP contribution in [0.3, 0.4) is 0 Å². The number of hydrogen-bond donors (Lipinski definition) is 1. The number of rotatable bonds is 4. The molecule has 1 fully saturated rings. The Balaban J connectivity index is 1.69. The highest BCUT2D eigenvalue weighted by molar-refractivity contribution is 6.04. The molecule has 5 heteroatoms. The van der Waals surface area contributed by atoms with E-state index in [-0.39, 0.29) is 5.91 Å². The van der Waals surface area contributed by atoms with Gasteiger partial charge in [-0.05, 0) is 37.2 Å². The summed E-state index contributed by atoms with van der Waals surface area (Å²) < 4.78 is 0. The average Bonchev–Trinajstić information content (AvgIpc) is 2.63. The fraction of sp³-hybridized carbons (Fsp3) is 0.368. The number of anilines is 2. The minimum absolute atomic E-state index is 0.122. The van der Waals surface area contributed by atoms with Crippen molar-refractivity contribution in [2.75, 3.05) is 43.4 Å². The first-order chi connectivity index (χ1) is 11.7. The Morgan fingerprint density at radius 3 is 2.50 bits per heavy atom. The molecular weight excluding hydrogens is 300 g/mol. The summed E-state index contributed by atoms with van der Waals surface area (Å²) in [5.41, 5.74) is 3.66. The molecule has 0 bridgehead atoms. The first-order valence-corrected chi connectivity index (χ1v) is 8.44. The van der Waals surface area contributed by atoms with Gasteiger partial charge in [0, 0.05) is 38.1 Å². The van der Waals surface area contributed by atoms with Crippen LogP contribution in [0.1, 0.15) is 22.8 Å². The van der Waals surface area contributed by atoms with E-state index in [0.717, 1.165) is 44.0 Å². The summed E-state index contributed by atoms with van der Waals surface area (Å²) in [6.07, 6.45) is 4.44. The topological polar surface area (TPSA) is 48.5 Å². The molecule has 1 aliphatic heterocycles. The van der Waals surface area contributed by atoms with Gasteiger partial charge in [0.2, 0.25) is 0 Å². The number of pyridine rings is 1.